The molecule has 19 heavy (non-hydrogen) atoms. The lowest BCUT2D eigenvalue weighted by Crippen LogP contribution is -2.35. The van der Waals surface area contributed by atoms with Crippen LogP contribution in [0.15, 0.2) is 36.5 Å². The molecule has 0 radical (unpaired) electrons. The Kier molecular flexibility index (Phi) is 3.17. The third-order valence-corrected chi connectivity index (χ3v) is 3.47. The van der Waals surface area contributed by atoms with Crippen LogP contribution in [-0.2, 0) is 0 Å². The molecule has 1 aliphatic carbocycles. The number of hydrogen-bond donors (Lipinski definition) is 1. The number of carbonyl (C=O) groups is 1. The summed E-state index contributed by atoms with van der Waals surface area (Å²) in [6, 6.07) is 9.70. The third-order valence-electron chi connectivity index (χ3n) is 3.47. The Balaban J connectivity index is 2.00. The Morgan fingerprint density at radius 3 is 2.84 bits per heavy atom. The fourth-order valence-electron chi connectivity index (χ4n) is 2.38. The molecule has 0 atom stereocenters. The average Bonchev–Trinajstić information content (AvgIpc) is 3.28. The van der Waals surface area contributed by atoms with Crippen LogP contribution in [-0.4, -0.2) is 40.1 Å². The van der Waals surface area contributed by atoms with Gasteiger partial charge in [0, 0.05) is 24.2 Å². The second-order valence-electron chi connectivity index (χ2n) is 4.83. The zero-order valence-electron chi connectivity index (χ0n) is 10.6. The molecule has 0 bridgehead atoms. The first-order valence-corrected chi connectivity index (χ1v) is 6.57. The quantitative estimate of drug-likeness (QED) is 0.908. The van der Waals surface area contributed by atoms with Crippen LogP contribution in [0.1, 0.15) is 23.2 Å². The Morgan fingerprint density at radius 1 is 1.32 bits per heavy atom. The normalized spacial score (nSPS) is 14.6. The molecule has 2 aromatic rings. The van der Waals surface area contributed by atoms with Crippen LogP contribution in [0.5, 0.6) is 0 Å². The summed E-state index contributed by atoms with van der Waals surface area (Å²) in [4.78, 5) is 18.7. The number of fused-ring (bicyclic) bond motifs is 1. The van der Waals surface area contributed by atoms with Crippen molar-refractivity contribution in [1.29, 1.82) is 0 Å². The van der Waals surface area contributed by atoms with Crippen molar-refractivity contribution in [1.82, 2.24) is 9.88 Å². The number of benzene rings is 1. The van der Waals surface area contributed by atoms with Gasteiger partial charge >= 0.3 is 0 Å². The van der Waals surface area contributed by atoms with Gasteiger partial charge in [-0.1, -0.05) is 18.2 Å². The summed E-state index contributed by atoms with van der Waals surface area (Å²) in [5.74, 6) is -0.00449. The van der Waals surface area contributed by atoms with E-state index in [2.05, 4.69) is 4.98 Å². The third kappa shape index (κ3) is 2.31. The second-order valence-corrected chi connectivity index (χ2v) is 4.83. The molecule has 4 nitrogen and oxygen atoms in total. The summed E-state index contributed by atoms with van der Waals surface area (Å²) in [5.41, 5.74) is 1.50. The molecule has 1 saturated carbocycles. The number of para-hydroxylation sites is 1. The number of aliphatic hydroxyl groups excluding tert-OH is 1. The molecule has 1 aromatic carbocycles. The van der Waals surface area contributed by atoms with Crippen molar-refractivity contribution in [2.75, 3.05) is 13.2 Å². The summed E-state index contributed by atoms with van der Waals surface area (Å²) in [6.07, 6.45) is 3.74. The van der Waals surface area contributed by atoms with E-state index in [9.17, 15) is 4.79 Å². The van der Waals surface area contributed by atoms with Gasteiger partial charge in [0.1, 0.15) is 0 Å². The Morgan fingerprint density at radius 2 is 2.11 bits per heavy atom. The minimum Gasteiger partial charge on any atom is -0.395 e. The number of nitrogens with zero attached hydrogens (tertiary/aromatic N) is 2. The first kappa shape index (κ1) is 12.1. The molecule has 1 amide bonds. The Bertz CT molecular complexity index is 603. The molecule has 1 aliphatic rings. The van der Waals surface area contributed by atoms with Gasteiger partial charge in [0.15, 0.2) is 0 Å². The van der Waals surface area contributed by atoms with Crippen LogP contribution in [0.3, 0.4) is 0 Å². The molecule has 1 fully saturated rings. The van der Waals surface area contributed by atoms with E-state index in [0.29, 0.717) is 18.2 Å². The van der Waals surface area contributed by atoms with Gasteiger partial charge in [-0.25, -0.2) is 0 Å². The van der Waals surface area contributed by atoms with Crippen molar-refractivity contribution < 1.29 is 9.90 Å². The Hall–Kier alpha value is -1.94. The lowest BCUT2D eigenvalue weighted by Gasteiger charge is -2.22. The smallest absolute Gasteiger partial charge is 0.254 e. The van der Waals surface area contributed by atoms with Crippen LogP contribution < -0.4 is 0 Å². The van der Waals surface area contributed by atoms with Crippen LogP contribution >= 0.6 is 0 Å². The maximum Gasteiger partial charge on any atom is 0.254 e. The van der Waals surface area contributed by atoms with Gasteiger partial charge in [-0.3, -0.25) is 9.78 Å². The van der Waals surface area contributed by atoms with Gasteiger partial charge in [-0.05, 0) is 25.0 Å². The number of aromatic nitrogens is 1. The summed E-state index contributed by atoms with van der Waals surface area (Å²) in [7, 11) is 0. The van der Waals surface area contributed by atoms with Crippen LogP contribution in [0.4, 0.5) is 0 Å². The van der Waals surface area contributed by atoms with Crippen LogP contribution in [0.2, 0.25) is 0 Å². The maximum atomic E-state index is 12.6. The molecule has 4 heteroatoms. The van der Waals surface area contributed by atoms with Gasteiger partial charge in [-0.2, -0.15) is 0 Å². The minimum atomic E-state index is -0.00449. The summed E-state index contributed by atoms with van der Waals surface area (Å²) in [6.45, 7) is 0.408. The monoisotopic (exact) mass is 256 g/mol. The molecule has 98 valence electrons. The van der Waals surface area contributed by atoms with E-state index >= 15 is 0 Å². The van der Waals surface area contributed by atoms with Gasteiger partial charge in [-0.15, -0.1) is 0 Å². The molecule has 0 saturated heterocycles. The lowest BCUT2D eigenvalue weighted by atomic mass is 10.1. The van der Waals surface area contributed by atoms with Crippen molar-refractivity contribution >= 4 is 16.8 Å². The van der Waals surface area contributed by atoms with E-state index < -0.39 is 0 Å². The van der Waals surface area contributed by atoms with E-state index in [1.54, 1.807) is 17.2 Å². The number of carbonyl (C=O) groups excluding carboxylic acids is 1. The molecule has 1 heterocycles. The lowest BCUT2D eigenvalue weighted by molar-refractivity contribution is 0.0709. The number of hydrogen-bond acceptors (Lipinski definition) is 3. The van der Waals surface area contributed by atoms with E-state index in [1.807, 2.05) is 24.3 Å². The summed E-state index contributed by atoms with van der Waals surface area (Å²) >= 11 is 0. The first-order valence-electron chi connectivity index (χ1n) is 6.57. The molecule has 0 spiro atoms. The molecule has 0 aliphatic heterocycles. The molecule has 1 aromatic heterocycles. The predicted octanol–water partition coefficient (Wildman–Crippen LogP) is 1.83. The number of rotatable bonds is 4. The standard InChI is InChI=1S/C15H16N2O2/c18-10-9-17(11-5-6-11)15(19)13-7-8-16-14-4-2-1-3-12(13)14/h1-4,7-8,11,18H,5-6,9-10H2. The molecular formula is C15H16N2O2. The van der Waals surface area contributed by atoms with Crippen molar-refractivity contribution in [2.45, 2.75) is 18.9 Å². The fourth-order valence-corrected chi connectivity index (χ4v) is 2.38. The first-order chi connectivity index (χ1) is 9.31. The highest BCUT2D eigenvalue weighted by Gasteiger charge is 2.33. The van der Waals surface area contributed by atoms with Crippen molar-refractivity contribution in [2.24, 2.45) is 0 Å². The van der Waals surface area contributed by atoms with Crippen LogP contribution in [0, 0.1) is 0 Å². The maximum absolute atomic E-state index is 12.6. The summed E-state index contributed by atoms with van der Waals surface area (Å²) in [5, 5.41) is 9.99. The summed E-state index contributed by atoms with van der Waals surface area (Å²) < 4.78 is 0. The fraction of sp³-hybridized carbons (Fsp3) is 0.333. The second kappa shape index (κ2) is 4.97. The molecule has 1 N–H and O–H groups in total. The highest BCUT2D eigenvalue weighted by atomic mass is 16.3. The zero-order valence-corrected chi connectivity index (χ0v) is 10.6. The van der Waals surface area contributed by atoms with Crippen molar-refractivity contribution in [3.63, 3.8) is 0 Å². The van der Waals surface area contributed by atoms with E-state index in [0.717, 1.165) is 23.7 Å². The van der Waals surface area contributed by atoms with E-state index in [4.69, 9.17) is 5.11 Å². The molecule has 0 unspecified atom stereocenters. The predicted molar refractivity (Wildman–Crippen MR) is 72.9 cm³/mol. The zero-order chi connectivity index (χ0) is 13.2. The van der Waals surface area contributed by atoms with E-state index in [1.165, 1.54) is 0 Å². The van der Waals surface area contributed by atoms with Gasteiger partial charge in [0.05, 0.1) is 17.7 Å². The highest BCUT2D eigenvalue weighted by Crippen LogP contribution is 2.29. The van der Waals surface area contributed by atoms with Gasteiger partial charge in [0.25, 0.3) is 5.91 Å². The average molecular weight is 256 g/mol. The van der Waals surface area contributed by atoms with E-state index in [-0.39, 0.29) is 12.5 Å². The largest absolute Gasteiger partial charge is 0.395 e. The van der Waals surface area contributed by atoms with Crippen molar-refractivity contribution in [3.05, 3.63) is 42.1 Å². The topological polar surface area (TPSA) is 53.4 Å². The SMILES string of the molecule is O=C(c1ccnc2ccccc12)N(CCO)C1CC1. The van der Waals surface area contributed by atoms with Gasteiger partial charge < -0.3 is 10.0 Å². The van der Waals surface area contributed by atoms with Crippen molar-refractivity contribution in [3.8, 4) is 0 Å². The number of pyridine rings is 1. The number of aliphatic hydroxyl groups is 1. The highest BCUT2D eigenvalue weighted by molar-refractivity contribution is 6.06. The number of amides is 1. The molecular weight excluding hydrogens is 240 g/mol. The van der Waals surface area contributed by atoms with Crippen LogP contribution in [0.25, 0.3) is 10.9 Å². The van der Waals surface area contributed by atoms with Gasteiger partial charge in [0.2, 0.25) is 0 Å². The Labute approximate surface area is 111 Å². The minimum absolute atomic E-state index is 0.00449. The molecule has 3 rings (SSSR count).